The Balaban J connectivity index is 1.72. The van der Waals surface area contributed by atoms with Crippen molar-refractivity contribution >= 4 is 11.8 Å². The summed E-state index contributed by atoms with van der Waals surface area (Å²) in [4.78, 5) is 2.45. The summed E-state index contributed by atoms with van der Waals surface area (Å²) >= 11 is 2.07. The van der Waals surface area contributed by atoms with Crippen molar-refractivity contribution in [3.8, 4) is 0 Å². The summed E-state index contributed by atoms with van der Waals surface area (Å²) in [6.45, 7) is 3.75. The largest absolute Gasteiger partial charge is 0.311 e. The molecule has 1 atom stereocenters. The lowest BCUT2D eigenvalue weighted by atomic mass is 9.84. The minimum absolute atomic E-state index is 0.593. The Morgan fingerprint density at radius 2 is 2.20 bits per heavy atom. The zero-order chi connectivity index (χ0) is 10.7. The highest BCUT2D eigenvalue weighted by Gasteiger charge is 2.36. The van der Waals surface area contributed by atoms with E-state index in [2.05, 4.69) is 35.3 Å². The van der Waals surface area contributed by atoms with Crippen LogP contribution in [-0.2, 0) is 0 Å². The van der Waals surface area contributed by atoms with Crippen LogP contribution >= 0.6 is 11.8 Å². The van der Waals surface area contributed by atoms with Gasteiger partial charge in [0.15, 0.2) is 0 Å². The van der Waals surface area contributed by atoms with Gasteiger partial charge in [-0.3, -0.25) is 0 Å². The molecule has 88 valence electrons. The molecule has 0 spiro atoms. The van der Waals surface area contributed by atoms with E-state index >= 15 is 0 Å². The van der Waals surface area contributed by atoms with E-state index in [9.17, 15) is 0 Å². The fourth-order valence-corrected chi connectivity index (χ4v) is 3.61. The molecule has 0 aromatic carbocycles. The van der Waals surface area contributed by atoms with E-state index in [0.717, 1.165) is 6.04 Å². The van der Waals surface area contributed by atoms with Gasteiger partial charge in [0.05, 0.1) is 0 Å². The van der Waals surface area contributed by atoms with Crippen molar-refractivity contribution in [2.75, 3.05) is 32.9 Å². The normalized spacial score (nSPS) is 31.2. The highest BCUT2D eigenvalue weighted by Crippen LogP contribution is 2.42. The summed E-state index contributed by atoms with van der Waals surface area (Å²) in [6.07, 6.45) is 9.28. The SMILES string of the molecule is CSC1(CNC2CCCN(C)C2)CCC1. The molecule has 1 saturated heterocycles. The minimum Gasteiger partial charge on any atom is -0.311 e. The molecule has 0 aromatic heterocycles. The number of piperidine rings is 1. The number of hydrogen-bond acceptors (Lipinski definition) is 3. The number of thioether (sulfide) groups is 1. The van der Waals surface area contributed by atoms with Crippen molar-refractivity contribution in [2.45, 2.75) is 42.9 Å². The Morgan fingerprint density at radius 1 is 1.40 bits per heavy atom. The van der Waals surface area contributed by atoms with Crippen LogP contribution in [0.15, 0.2) is 0 Å². The van der Waals surface area contributed by atoms with Gasteiger partial charge < -0.3 is 10.2 Å². The summed E-state index contributed by atoms with van der Waals surface area (Å²) in [5.74, 6) is 0. The minimum atomic E-state index is 0.593. The van der Waals surface area contributed by atoms with Crippen molar-refractivity contribution in [1.82, 2.24) is 10.2 Å². The molecule has 1 N–H and O–H groups in total. The molecule has 2 fully saturated rings. The van der Waals surface area contributed by atoms with Crippen LogP contribution in [0.5, 0.6) is 0 Å². The maximum absolute atomic E-state index is 3.78. The first kappa shape index (κ1) is 11.7. The lowest BCUT2D eigenvalue weighted by Gasteiger charge is -2.42. The number of nitrogens with one attached hydrogen (secondary N) is 1. The Hall–Kier alpha value is 0.270. The lowest BCUT2D eigenvalue weighted by Crippen LogP contribution is -2.51. The van der Waals surface area contributed by atoms with Gasteiger partial charge in [-0.05, 0) is 45.5 Å². The highest BCUT2D eigenvalue weighted by atomic mass is 32.2. The summed E-state index contributed by atoms with van der Waals surface area (Å²) < 4.78 is 0.593. The van der Waals surface area contributed by atoms with Crippen LogP contribution in [0.4, 0.5) is 0 Å². The van der Waals surface area contributed by atoms with Gasteiger partial charge in [0.1, 0.15) is 0 Å². The molecule has 15 heavy (non-hydrogen) atoms. The smallest absolute Gasteiger partial charge is 0.0281 e. The molecule has 1 unspecified atom stereocenters. The van der Waals surface area contributed by atoms with Gasteiger partial charge in [0.25, 0.3) is 0 Å². The van der Waals surface area contributed by atoms with Gasteiger partial charge in [-0.1, -0.05) is 6.42 Å². The van der Waals surface area contributed by atoms with E-state index in [1.54, 1.807) is 0 Å². The number of hydrogen-bond donors (Lipinski definition) is 1. The number of likely N-dealkylation sites (tertiary alicyclic amines) is 1. The second kappa shape index (κ2) is 5.07. The molecule has 0 amide bonds. The van der Waals surface area contributed by atoms with E-state index in [1.165, 1.54) is 51.7 Å². The molecule has 1 heterocycles. The first-order chi connectivity index (χ1) is 7.24. The first-order valence-corrected chi connectivity index (χ1v) is 7.44. The molecule has 3 heteroatoms. The monoisotopic (exact) mass is 228 g/mol. The van der Waals surface area contributed by atoms with Crippen LogP contribution in [0.3, 0.4) is 0 Å². The third kappa shape index (κ3) is 2.89. The van der Waals surface area contributed by atoms with Gasteiger partial charge in [-0.2, -0.15) is 11.8 Å². The van der Waals surface area contributed by atoms with E-state index in [1.807, 2.05) is 0 Å². The fourth-order valence-electron chi connectivity index (χ4n) is 2.69. The van der Waals surface area contributed by atoms with E-state index in [0.29, 0.717) is 4.75 Å². The summed E-state index contributed by atoms with van der Waals surface area (Å²) in [5.41, 5.74) is 0. The van der Waals surface area contributed by atoms with Gasteiger partial charge in [0, 0.05) is 23.9 Å². The molecule has 2 aliphatic rings. The Bertz CT molecular complexity index is 198. The zero-order valence-corrected chi connectivity index (χ0v) is 10.9. The number of rotatable bonds is 4. The summed E-state index contributed by atoms with van der Waals surface area (Å²) in [6, 6.07) is 0.744. The lowest BCUT2D eigenvalue weighted by molar-refractivity contribution is 0.216. The third-order valence-electron chi connectivity index (χ3n) is 4.04. The van der Waals surface area contributed by atoms with Crippen molar-refractivity contribution in [1.29, 1.82) is 0 Å². The molecule has 1 aliphatic heterocycles. The second-order valence-electron chi connectivity index (χ2n) is 5.22. The molecule has 0 radical (unpaired) electrons. The standard InChI is InChI=1S/C12H24N2S/c1-14-8-3-5-11(9-14)13-10-12(15-2)6-4-7-12/h11,13H,3-10H2,1-2H3. The molecule has 2 nitrogen and oxygen atoms in total. The molecule has 1 aliphatic carbocycles. The van der Waals surface area contributed by atoms with E-state index in [-0.39, 0.29) is 0 Å². The van der Waals surface area contributed by atoms with Crippen LogP contribution < -0.4 is 5.32 Å². The quantitative estimate of drug-likeness (QED) is 0.792. The van der Waals surface area contributed by atoms with Crippen molar-refractivity contribution < 1.29 is 0 Å². The predicted molar refractivity (Wildman–Crippen MR) is 68.6 cm³/mol. The van der Waals surface area contributed by atoms with Gasteiger partial charge in [0.2, 0.25) is 0 Å². The van der Waals surface area contributed by atoms with Crippen molar-refractivity contribution in [2.24, 2.45) is 0 Å². The van der Waals surface area contributed by atoms with Crippen molar-refractivity contribution in [3.05, 3.63) is 0 Å². The molecular weight excluding hydrogens is 204 g/mol. The highest BCUT2D eigenvalue weighted by molar-refractivity contribution is 8.00. The van der Waals surface area contributed by atoms with Gasteiger partial charge in [-0.15, -0.1) is 0 Å². The van der Waals surface area contributed by atoms with E-state index < -0.39 is 0 Å². The summed E-state index contributed by atoms with van der Waals surface area (Å²) in [7, 11) is 2.24. The molecule has 2 rings (SSSR count). The first-order valence-electron chi connectivity index (χ1n) is 6.21. The Labute approximate surface area is 98.2 Å². The van der Waals surface area contributed by atoms with Crippen LogP contribution in [0.1, 0.15) is 32.1 Å². The topological polar surface area (TPSA) is 15.3 Å². The molecule has 0 aromatic rings. The summed E-state index contributed by atoms with van der Waals surface area (Å²) in [5, 5.41) is 3.78. The van der Waals surface area contributed by atoms with Gasteiger partial charge >= 0.3 is 0 Å². The average molecular weight is 228 g/mol. The average Bonchev–Trinajstić information content (AvgIpc) is 2.17. The van der Waals surface area contributed by atoms with Crippen LogP contribution in [0.2, 0.25) is 0 Å². The Morgan fingerprint density at radius 3 is 2.73 bits per heavy atom. The predicted octanol–water partition coefficient (Wildman–Crippen LogP) is 1.96. The van der Waals surface area contributed by atoms with Crippen LogP contribution in [0, 0.1) is 0 Å². The van der Waals surface area contributed by atoms with Gasteiger partial charge in [-0.25, -0.2) is 0 Å². The van der Waals surface area contributed by atoms with Crippen LogP contribution in [-0.4, -0.2) is 48.6 Å². The second-order valence-corrected chi connectivity index (χ2v) is 6.50. The molecule has 1 saturated carbocycles. The fraction of sp³-hybridized carbons (Fsp3) is 1.00. The number of nitrogens with zero attached hydrogens (tertiary/aromatic N) is 1. The van der Waals surface area contributed by atoms with Crippen LogP contribution in [0.25, 0.3) is 0 Å². The third-order valence-corrected chi connectivity index (χ3v) is 5.45. The number of likely N-dealkylation sites (N-methyl/N-ethyl adjacent to an activating group) is 1. The van der Waals surface area contributed by atoms with E-state index in [4.69, 9.17) is 0 Å². The molecule has 0 bridgehead atoms. The van der Waals surface area contributed by atoms with Crippen molar-refractivity contribution in [3.63, 3.8) is 0 Å². The zero-order valence-electron chi connectivity index (χ0n) is 10.1. The Kier molecular flexibility index (Phi) is 3.97. The maximum atomic E-state index is 3.78. The molecular formula is C12H24N2S. The maximum Gasteiger partial charge on any atom is 0.0281 e.